The monoisotopic (exact) mass is 343 g/mol. The third-order valence-corrected chi connectivity index (χ3v) is 3.70. The van der Waals surface area contributed by atoms with E-state index >= 15 is 0 Å². The Morgan fingerprint density at radius 3 is 2.58 bits per heavy atom. The van der Waals surface area contributed by atoms with Crippen molar-refractivity contribution in [3.8, 4) is 22.8 Å². The molecule has 0 unspecified atom stereocenters. The Labute approximate surface area is 144 Å². The van der Waals surface area contributed by atoms with Crippen LogP contribution in [0.5, 0.6) is 11.5 Å². The first-order valence-electron chi connectivity index (χ1n) is 7.34. The molecule has 0 amide bonds. The summed E-state index contributed by atoms with van der Waals surface area (Å²) in [4.78, 5) is 4.24. The summed E-state index contributed by atoms with van der Waals surface area (Å²) in [5.41, 5.74) is 1.62. The predicted octanol–water partition coefficient (Wildman–Crippen LogP) is 5.13. The lowest BCUT2D eigenvalue weighted by Gasteiger charge is -2.13. The van der Waals surface area contributed by atoms with Gasteiger partial charge in [0.05, 0.1) is 7.11 Å². The highest BCUT2D eigenvalue weighted by Gasteiger charge is 2.15. The Kier molecular flexibility index (Phi) is 4.96. The zero-order chi connectivity index (χ0) is 16.9. The highest BCUT2D eigenvalue weighted by Crippen LogP contribution is 2.34. The molecule has 0 atom stereocenters. The quantitative estimate of drug-likeness (QED) is 0.602. The molecule has 0 aliphatic carbocycles. The second-order valence-corrected chi connectivity index (χ2v) is 5.49. The minimum atomic E-state index is -0.421. The third-order valence-electron chi connectivity index (χ3n) is 3.49. The number of rotatable bonds is 5. The van der Waals surface area contributed by atoms with Crippen molar-refractivity contribution in [1.29, 1.82) is 0 Å². The lowest BCUT2D eigenvalue weighted by Crippen LogP contribution is -1.99. The van der Waals surface area contributed by atoms with Gasteiger partial charge in [-0.2, -0.15) is 0 Å². The van der Waals surface area contributed by atoms with Crippen LogP contribution in [0.25, 0.3) is 11.3 Å². The molecule has 3 aromatic rings. The molecule has 3 nitrogen and oxygen atoms in total. The number of hydrogen-bond donors (Lipinski definition) is 0. The van der Waals surface area contributed by atoms with Crippen molar-refractivity contribution in [3.63, 3.8) is 0 Å². The van der Waals surface area contributed by atoms with Crippen LogP contribution in [0.4, 0.5) is 4.39 Å². The van der Waals surface area contributed by atoms with E-state index in [0.717, 1.165) is 5.56 Å². The third kappa shape index (κ3) is 3.66. The molecule has 0 N–H and O–H groups in total. The van der Waals surface area contributed by atoms with E-state index in [0.29, 0.717) is 23.8 Å². The van der Waals surface area contributed by atoms with E-state index in [1.54, 1.807) is 24.3 Å². The molecule has 0 fully saturated rings. The SMILES string of the molecule is COc1ccc(F)c(-c2nc(Cl)ccc2OCc2ccccc2)c1. The van der Waals surface area contributed by atoms with E-state index in [9.17, 15) is 4.39 Å². The van der Waals surface area contributed by atoms with E-state index in [1.807, 2.05) is 30.3 Å². The predicted molar refractivity (Wildman–Crippen MR) is 92.0 cm³/mol. The van der Waals surface area contributed by atoms with Crippen molar-refractivity contribution < 1.29 is 13.9 Å². The molecule has 0 saturated carbocycles. The van der Waals surface area contributed by atoms with Gasteiger partial charge in [-0.15, -0.1) is 0 Å². The van der Waals surface area contributed by atoms with Crippen molar-refractivity contribution in [3.05, 3.63) is 77.2 Å². The summed E-state index contributed by atoms with van der Waals surface area (Å²) < 4.78 is 25.3. The van der Waals surface area contributed by atoms with Gasteiger partial charge in [0.1, 0.15) is 34.8 Å². The number of halogens is 2. The minimum Gasteiger partial charge on any atom is -0.497 e. The Hall–Kier alpha value is -2.59. The lowest BCUT2D eigenvalue weighted by molar-refractivity contribution is 0.306. The summed E-state index contributed by atoms with van der Waals surface area (Å²) in [6.45, 7) is 0.350. The molecular formula is C19H15ClFNO2. The number of methoxy groups -OCH3 is 1. The number of hydrogen-bond acceptors (Lipinski definition) is 3. The van der Waals surface area contributed by atoms with Gasteiger partial charge in [-0.1, -0.05) is 41.9 Å². The van der Waals surface area contributed by atoms with Crippen molar-refractivity contribution in [2.45, 2.75) is 6.61 Å². The topological polar surface area (TPSA) is 31.4 Å². The van der Waals surface area contributed by atoms with Crippen LogP contribution in [0.2, 0.25) is 5.15 Å². The fourth-order valence-corrected chi connectivity index (χ4v) is 2.43. The number of ether oxygens (including phenoxy) is 2. The van der Waals surface area contributed by atoms with Crippen LogP contribution < -0.4 is 9.47 Å². The molecule has 24 heavy (non-hydrogen) atoms. The molecule has 1 aromatic heterocycles. The average molecular weight is 344 g/mol. The molecule has 0 bridgehead atoms. The van der Waals surface area contributed by atoms with Crippen LogP contribution in [0.1, 0.15) is 5.56 Å². The average Bonchev–Trinajstić information content (AvgIpc) is 2.62. The van der Waals surface area contributed by atoms with Crippen molar-refractivity contribution >= 4 is 11.6 Å². The van der Waals surface area contributed by atoms with E-state index in [-0.39, 0.29) is 10.7 Å². The first-order chi connectivity index (χ1) is 11.7. The molecule has 0 aliphatic rings. The molecule has 0 spiro atoms. The zero-order valence-electron chi connectivity index (χ0n) is 13.0. The summed E-state index contributed by atoms with van der Waals surface area (Å²) in [6, 6.07) is 17.5. The molecule has 1 heterocycles. The summed E-state index contributed by atoms with van der Waals surface area (Å²) in [5.74, 6) is 0.563. The summed E-state index contributed by atoms with van der Waals surface area (Å²) >= 11 is 5.99. The van der Waals surface area contributed by atoms with Gasteiger partial charge in [-0.3, -0.25) is 0 Å². The normalized spacial score (nSPS) is 10.5. The van der Waals surface area contributed by atoms with Gasteiger partial charge in [0.25, 0.3) is 0 Å². The number of benzene rings is 2. The molecule has 3 rings (SSSR count). The van der Waals surface area contributed by atoms with E-state index in [4.69, 9.17) is 21.1 Å². The van der Waals surface area contributed by atoms with Crippen LogP contribution in [0.15, 0.2) is 60.7 Å². The van der Waals surface area contributed by atoms with Gasteiger partial charge in [-0.05, 0) is 35.9 Å². The van der Waals surface area contributed by atoms with Gasteiger partial charge in [0, 0.05) is 5.56 Å². The standard InChI is InChI=1S/C19H15ClFNO2/c1-23-14-7-8-16(21)15(11-14)19-17(9-10-18(20)22-19)24-12-13-5-3-2-4-6-13/h2-11H,12H2,1H3. The largest absolute Gasteiger partial charge is 0.497 e. The van der Waals surface area contributed by atoms with Crippen LogP contribution in [0, 0.1) is 5.82 Å². The molecule has 0 aliphatic heterocycles. The van der Waals surface area contributed by atoms with Crippen LogP contribution in [-0.2, 0) is 6.61 Å². The summed E-state index contributed by atoms with van der Waals surface area (Å²) in [5, 5.41) is 0.263. The van der Waals surface area contributed by atoms with Gasteiger partial charge in [0.15, 0.2) is 0 Å². The maximum atomic E-state index is 14.3. The van der Waals surface area contributed by atoms with Gasteiger partial charge in [0.2, 0.25) is 0 Å². The van der Waals surface area contributed by atoms with E-state index in [1.165, 1.54) is 13.2 Å². The fraction of sp³-hybridized carbons (Fsp3) is 0.105. The molecule has 5 heteroatoms. The minimum absolute atomic E-state index is 0.263. The lowest BCUT2D eigenvalue weighted by atomic mass is 10.1. The Bertz CT molecular complexity index is 840. The first kappa shape index (κ1) is 16.3. The van der Waals surface area contributed by atoms with E-state index < -0.39 is 5.82 Å². The van der Waals surface area contributed by atoms with Crippen LogP contribution in [-0.4, -0.2) is 12.1 Å². The molecular weight excluding hydrogens is 329 g/mol. The second kappa shape index (κ2) is 7.32. The number of pyridine rings is 1. The maximum absolute atomic E-state index is 14.3. The van der Waals surface area contributed by atoms with Gasteiger partial charge in [-0.25, -0.2) is 9.37 Å². The second-order valence-electron chi connectivity index (χ2n) is 5.10. The molecule has 2 aromatic carbocycles. The Morgan fingerprint density at radius 2 is 1.83 bits per heavy atom. The highest BCUT2D eigenvalue weighted by atomic mass is 35.5. The number of nitrogens with zero attached hydrogens (tertiary/aromatic N) is 1. The van der Waals surface area contributed by atoms with Crippen molar-refractivity contribution in [2.75, 3.05) is 7.11 Å². The summed E-state index contributed by atoms with van der Waals surface area (Å²) in [7, 11) is 1.52. The summed E-state index contributed by atoms with van der Waals surface area (Å²) in [6.07, 6.45) is 0. The van der Waals surface area contributed by atoms with Gasteiger partial charge < -0.3 is 9.47 Å². The number of aromatic nitrogens is 1. The smallest absolute Gasteiger partial charge is 0.146 e. The van der Waals surface area contributed by atoms with Crippen LogP contribution in [0.3, 0.4) is 0 Å². The maximum Gasteiger partial charge on any atom is 0.146 e. The zero-order valence-corrected chi connectivity index (χ0v) is 13.8. The highest BCUT2D eigenvalue weighted by molar-refractivity contribution is 6.29. The Balaban J connectivity index is 1.97. The van der Waals surface area contributed by atoms with Crippen molar-refractivity contribution in [1.82, 2.24) is 4.98 Å². The Morgan fingerprint density at radius 1 is 1.04 bits per heavy atom. The molecule has 0 radical (unpaired) electrons. The van der Waals surface area contributed by atoms with Crippen LogP contribution >= 0.6 is 11.6 Å². The molecule has 0 saturated heterocycles. The fourth-order valence-electron chi connectivity index (χ4n) is 2.28. The van der Waals surface area contributed by atoms with Gasteiger partial charge >= 0.3 is 0 Å². The molecule has 122 valence electrons. The first-order valence-corrected chi connectivity index (χ1v) is 7.72. The van der Waals surface area contributed by atoms with E-state index in [2.05, 4.69) is 4.98 Å². The van der Waals surface area contributed by atoms with Crippen molar-refractivity contribution in [2.24, 2.45) is 0 Å².